The Morgan fingerprint density at radius 3 is 2.42 bits per heavy atom. The average molecular weight is 257 g/mol. The number of aryl methyl sites for hydroxylation is 3. The predicted octanol–water partition coefficient (Wildman–Crippen LogP) is 2.79. The molecule has 0 fully saturated rings. The van der Waals surface area contributed by atoms with E-state index in [1.807, 2.05) is 17.9 Å². The van der Waals surface area contributed by atoms with E-state index in [1.54, 1.807) is 0 Å². The van der Waals surface area contributed by atoms with Crippen LogP contribution in [0.15, 0.2) is 36.7 Å². The lowest BCUT2D eigenvalue weighted by Crippen LogP contribution is -2.33. The SMILES string of the molecule is CCc1ccc(C(C)(N)CCc2cnn(C)c2)cc1. The zero-order chi connectivity index (χ0) is 13.9. The van der Waals surface area contributed by atoms with Crippen LogP contribution in [0.25, 0.3) is 0 Å². The molecule has 0 aliphatic rings. The van der Waals surface area contributed by atoms with Gasteiger partial charge in [-0.2, -0.15) is 5.10 Å². The lowest BCUT2D eigenvalue weighted by atomic mass is 9.87. The summed E-state index contributed by atoms with van der Waals surface area (Å²) in [6.45, 7) is 4.27. The van der Waals surface area contributed by atoms with Crippen LogP contribution in [0.2, 0.25) is 0 Å². The van der Waals surface area contributed by atoms with Crippen molar-refractivity contribution in [2.75, 3.05) is 0 Å². The maximum absolute atomic E-state index is 6.46. The number of aromatic nitrogens is 2. The van der Waals surface area contributed by atoms with Crippen molar-refractivity contribution in [3.05, 3.63) is 53.3 Å². The number of nitrogens with two attached hydrogens (primary N) is 1. The Kier molecular flexibility index (Phi) is 4.05. The van der Waals surface area contributed by atoms with Gasteiger partial charge in [-0.15, -0.1) is 0 Å². The number of hydrogen-bond acceptors (Lipinski definition) is 2. The molecule has 19 heavy (non-hydrogen) atoms. The van der Waals surface area contributed by atoms with Crippen LogP contribution in [-0.4, -0.2) is 9.78 Å². The van der Waals surface area contributed by atoms with Crippen LogP contribution in [-0.2, 0) is 25.4 Å². The maximum atomic E-state index is 6.46. The Morgan fingerprint density at radius 2 is 1.89 bits per heavy atom. The molecule has 2 rings (SSSR count). The minimum absolute atomic E-state index is 0.290. The molecule has 3 nitrogen and oxygen atoms in total. The third-order valence-electron chi connectivity index (χ3n) is 3.71. The standard InChI is InChI=1S/C16H23N3/c1-4-13-5-7-15(8-6-13)16(2,17)10-9-14-11-18-19(3)12-14/h5-8,11-12H,4,9-10,17H2,1-3H3. The summed E-state index contributed by atoms with van der Waals surface area (Å²) in [6.07, 6.45) is 6.91. The van der Waals surface area contributed by atoms with Crippen LogP contribution in [0.1, 0.15) is 37.0 Å². The molecule has 0 bridgehead atoms. The maximum Gasteiger partial charge on any atom is 0.0521 e. The first-order valence-electron chi connectivity index (χ1n) is 6.87. The molecule has 0 saturated heterocycles. The summed E-state index contributed by atoms with van der Waals surface area (Å²) in [7, 11) is 1.94. The van der Waals surface area contributed by atoms with Gasteiger partial charge in [-0.1, -0.05) is 31.2 Å². The minimum Gasteiger partial charge on any atom is -0.322 e. The third kappa shape index (κ3) is 3.44. The molecule has 102 valence electrons. The summed E-state index contributed by atoms with van der Waals surface area (Å²) in [6, 6.07) is 8.65. The van der Waals surface area contributed by atoms with E-state index in [-0.39, 0.29) is 5.54 Å². The van der Waals surface area contributed by atoms with Gasteiger partial charge in [0.05, 0.1) is 6.20 Å². The first-order valence-corrected chi connectivity index (χ1v) is 6.87. The highest BCUT2D eigenvalue weighted by molar-refractivity contribution is 5.28. The fourth-order valence-electron chi connectivity index (χ4n) is 2.27. The van der Waals surface area contributed by atoms with Crippen LogP contribution < -0.4 is 5.73 Å². The number of rotatable bonds is 5. The van der Waals surface area contributed by atoms with Crippen molar-refractivity contribution in [3.63, 3.8) is 0 Å². The Bertz CT molecular complexity index is 523. The summed E-state index contributed by atoms with van der Waals surface area (Å²) in [4.78, 5) is 0. The van der Waals surface area contributed by atoms with E-state index < -0.39 is 0 Å². The van der Waals surface area contributed by atoms with Crippen LogP contribution >= 0.6 is 0 Å². The molecule has 1 unspecified atom stereocenters. The van der Waals surface area contributed by atoms with Gasteiger partial charge in [-0.25, -0.2) is 0 Å². The Balaban J connectivity index is 2.04. The van der Waals surface area contributed by atoms with Crippen molar-refractivity contribution in [1.82, 2.24) is 9.78 Å². The zero-order valence-electron chi connectivity index (χ0n) is 12.1. The van der Waals surface area contributed by atoms with E-state index in [9.17, 15) is 0 Å². The van der Waals surface area contributed by atoms with Gasteiger partial charge >= 0.3 is 0 Å². The van der Waals surface area contributed by atoms with Crippen molar-refractivity contribution in [2.45, 2.75) is 38.6 Å². The number of hydrogen-bond donors (Lipinski definition) is 1. The molecule has 0 radical (unpaired) electrons. The second kappa shape index (κ2) is 5.57. The molecular formula is C16H23N3. The summed E-state index contributed by atoms with van der Waals surface area (Å²) >= 11 is 0. The Labute approximate surface area is 115 Å². The smallest absolute Gasteiger partial charge is 0.0521 e. The highest BCUT2D eigenvalue weighted by atomic mass is 15.2. The molecule has 0 saturated carbocycles. The summed E-state index contributed by atoms with van der Waals surface area (Å²) in [5.41, 5.74) is 9.96. The predicted molar refractivity (Wildman–Crippen MR) is 78.9 cm³/mol. The van der Waals surface area contributed by atoms with E-state index in [4.69, 9.17) is 5.73 Å². The first-order chi connectivity index (χ1) is 9.01. The van der Waals surface area contributed by atoms with Gasteiger partial charge in [-0.3, -0.25) is 4.68 Å². The Hall–Kier alpha value is -1.61. The highest BCUT2D eigenvalue weighted by Crippen LogP contribution is 2.24. The van der Waals surface area contributed by atoms with Gasteiger partial charge in [0.25, 0.3) is 0 Å². The largest absolute Gasteiger partial charge is 0.322 e. The zero-order valence-corrected chi connectivity index (χ0v) is 12.1. The van der Waals surface area contributed by atoms with Gasteiger partial charge in [0, 0.05) is 18.8 Å². The average Bonchev–Trinajstić information content (AvgIpc) is 2.82. The fourth-order valence-corrected chi connectivity index (χ4v) is 2.27. The van der Waals surface area contributed by atoms with Gasteiger partial charge in [0.1, 0.15) is 0 Å². The Morgan fingerprint density at radius 1 is 1.21 bits per heavy atom. The topological polar surface area (TPSA) is 43.8 Å². The molecule has 0 aliphatic carbocycles. The number of nitrogens with zero attached hydrogens (tertiary/aromatic N) is 2. The van der Waals surface area contributed by atoms with E-state index in [2.05, 4.69) is 49.4 Å². The van der Waals surface area contributed by atoms with E-state index in [1.165, 1.54) is 16.7 Å². The normalized spacial score (nSPS) is 14.3. The molecule has 1 aromatic carbocycles. The molecule has 2 aromatic rings. The molecule has 2 N–H and O–H groups in total. The van der Waals surface area contributed by atoms with Crippen LogP contribution in [0, 0.1) is 0 Å². The molecule has 3 heteroatoms. The monoisotopic (exact) mass is 257 g/mol. The second-order valence-electron chi connectivity index (χ2n) is 5.49. The molecular weight excluding hydrogens is 234 g/mol. The summed E-state index contributed by atoms with van der Waals surface area (Å²) in [5, 5.41) is 4.19. The highest BCUT2D eigenvalue weighted by Gasteiger charge is 2.20. The van der Waals surface area contributed by atoms with Crippen LogP contribution in [0.5, 0.6) is 0 Å². The quantitative estimate of drug-likeness (QED) is 0.895. The lowest BCUT2D eigenvalue weighted by molar-refractivity contribution is 0.452. The number of benzene rings is 1. The van der Waals surface area contributed by atoms with Crippen LogP contribution in [0.4, 0.5) is 0 Å². The fraction of sp³-hybridized carbons (Fsp3) is 0.438. The molecule has 0 spiro atoms. The first kappa shape index (κ1) is 13.8. The van der Waals surface area contributed by atoms with Crippen molar-refractivity contribution < 1.29 is 0 Å². The van der Waals surface area contributed by atoms with E-state index in [0.29, 0.717) is 0 Å². The summed E-state index contributed by atoms with van der Waals surface area (Å²) < 4.78 is 1.83. The van der Waals surface area contributed by atoms with Crippen molar-refractivity contribution >= 4 is 0 Å². The van der Waals surface area contributed by atoms with Crippen molar-refractivity contribution in [2.24, 2.45) is 12.8 Å². The lowest BCUT2D eigenvalue weighted by Gasteiger charge is -2.25. The van der Waals surface area contributed by atoms with E-state index in [0.717, 1.165) is 19.3 Å². The molecule has 1 aromatic heterocycles. The van der Waals surface area contributed by atoms with Crippen molar-refractivity contribution in [1.29, 1.82) is 0 Å². The third-order valence-corrected chi connectivity index (χ3v) is 3.71. The molecule has 0 amide bonds. The van der Waals surface area contributed by atoms with Gasteiger partial charge < -0.3 is 5.73 Å². The van der Waals surface area contributed by atoms with Gasteiger partial charge in [-0.05, 0) is 42.9 Å². The van der Waals surface area contributed by atoms with Crippen LogP contribution in [0.3, 0.4) is 0 Å². The van der Waals surface area contributed by atoms with Crippen molar-refractivity contribution in [3.8, 4) is 0 Å². The van der Waals surface area contributed by atoms with Gasteiger partial charge in [0.2, 0.25) is 0 Å². The molecule has 1 heterocycles. The van der Waals surface area contributed by atoms with Gasteiger partial charge in [0.15, 0.2) is 0 Å². The molecule has 1 atom stereocenters. The molecule has 0 aliphatic heterocycles. The second-order valence-corrected chi connectivity index (χ2v) is 5.49. The summed E-state index contributed by atoms with van der Waals surface area (Å²) in [5.74, 6) is 0. The minimum atomic E-state index is -0.290. The van der Waals surface area contributed by atoms with E-state index >= 15 is 0 Å².